The maximum atomic E-state index is 12.3. The molecule has 0 fully saturated rings. The van der Waals surface area contributed by atoms with Gasteiger partial charge in [-0.3, -0.25) is 25.2 Å². The third-order valence-corrected chi connectivity index (χ3v) is 4.93. The van der Waals surface area contributed by atoms with Gasteiger partial charge in [0.15, 0.2) is 0 Å². The van der Waals surface area contributed by atoms with E-state index in [1.54, 1.807) is 24.3 Å². The minimum atomic E-state index is -0.702. The van der Waals surface area contributed by atoms with Crippen LogP contribution in [0.5, 0.6) is 5.75 Å². The number of hydrogen-bond donors (Lipinski definition) is 3. The van der Waals surface area contributed by atoms with E-state index in [-0.39, 0.29) is 5.56 Å². The number of para-hydroxylation sites is 1. The summed E-state index contributed by atoms with van der Waals surface area (Å²) in [6.07, 6.45) is 1.42. The first-order valence-electron chi connectivity index (χ1n) is 10.3. The van der Waals surface area contributed by atoms with Crippen LogP contribution in [0.15, 0.2) is 102 Å². The van der Waals surface area contributed by atoms with Crippen LogP contribution < -0.4 is 21.1 Å². The molecule has 0 spiro atoms. The molecule has 0 saturated carbocycles. The fourth-order valence-corrected chi connectivity index (χ4v) is 3.22. The number of carbonyl (C=O) groups is 2. The van der Waals surface area contributed by atoms with Crippen LogP contribution in [-0.2, 0) is 6.61 Å². The fourth-order valence-electron chi connectivity index (χ4n) is 3.22. The van der Waals surface area contributed by atoms with Gasteiger partial charge in [0.25, 0.3) is 17.4 Å². The molecule has 3 N–H and O–H groups in total. The lowest BCUT2D eigenvalue weighted by atomic mass is 10.0. The smallest absolute Gasteiger partial charge is 0.275 e. The van der Waals surface area contributed by atoms with Crippen molar-refractivity contribution < 1.29 is 14.3 Å². The highest BCUT2D eigenvalue weighted by Gasteiger charge is 2.12. The highest BCUT2D eigenvalue weighted by atomic mass is 16.5. The predicted molar refractivity (Wildman–Crippen MR) is 125 cm³/mol. The molecular weight excluding hydrogens is 418 g/mol. The van der Waals surface area contributed by atoms with E-state index in [4.69, 9.17) is 4.74 Å². The molecule has 0 bridgehead atoms. The molecule has 0 saturated heterocycles. The van der Waals surface area contributed by atoms with Crippen LogP contribution in [0.4, 0.5) is 0 Å². The molecule has 33 heavy (non-hydrogen) atoms. The SMILES string of the molecule is O=C(NNC(=O)c1ccc[nH]c1=O)c1ccc(COc2ccccc2-c2ccccc2)cc1. The molecule has 7 heteroatoms. The van der Waals surface area contributed by atoms with Gasteiger partial charge in [0.1, 0.15) is 17.9 Å². The summed E-state index contributed by atoms with van der Waals surface area (Å²) < 4.78 is 6.03. The Labute approximate surface area is 190 Å². The molecule has 4 rings (SSSR count). The van der Waals surface area contributed by atoms with Gasteiger partial charge in [-0.1, -0.05) is 60.7 Å². The van der Waals surface area contributed by atoms with Gasteiger partial charge in [-0.15, -0.1) is 0 Å². The molecule has 0 aliphatic heterocycles. The van der Waals surface area contributed by atoms with Gasteiger partial charge >= 0.3 is 0 Å². The zero-order valence-electron chi connectivity index (χ0n) is 17.6. The van der Waals surface area contributed by atoms with E-state index in [9.17, 15) is 14.4 Å². The Balaban J connectivity index is 1.35. The largest absolute Gasteiger partial charge is 0.488 e. The first kappa shape index (κ1) is 21.6. The Morgan fingerprint density at radius 1 is 0.758 bits per heavy atom. The number of hydrogen-bond acceptors (Lipinski definition) is 4. The number of aromatic amines is 1. The maximum absolute atomic E-state index is 12.3. The van der Waals surface area contributed by atoms with Crippen LogP contribution in [0.1, 0.15) is 26.3 Å². The molecule has 3 aromatic carbocycles. The summed E-state index contributed by atoms with van der Waals surface area (Å²) in [7, 11) is 0. The van der Waals surface area contributed by atoms with Crippen LogP contribution in [-0.4, -0.2) is 16.8 Å². The molecule has 0 aliphatic rings. The number of carbonyl (C=O) groups excluding carboxylic acids is 2. The number of rotatable bonds is 6. The van der Waals surface area contributed by atoms with Crippen molar-refractivity contribution in [2.24, 2.45) is 0 Å². The van der Waals surface area contributed by atoms with Gasteiger partial charge in [0.2, 0.25) is 0 Å². The Morgan fingerprint density at radius 3 is 2.21 bits per heavy atom. The summed E-state index contributed by atoms with van der Waals surface area (Å²) in [5, 5.41) is 0. The molecule has 164 valence electrons. The second-order valence-electron chi connectivity index (χ2n) is 7.17. The lowest BCUT2D eigenvalue weighted by Crippen LogP contribution is -2.43. The van der Waals surface area contributed by atoms with Crippen LogP contribution in [0.3, 0.4) is 0 Å². The summed E-state index contributed by atoms with van der Waals surface area (Å²) in [6, 6.07) is 27.5. The van der Waals surface area contributed by atoms with E-state index in [0.717, 1.165) is 22.4 Å². The van der Waals surface area contributed by atoms with Crippen molar-refractivity contribution in [3.63, 3.8) is 0 Å². The first-order valence-corrected chi connectivity index (χ1v) is 10.3. The Kier molecular flexibility index (Phi) is 6.61. The fraction of sp³-hybridized carbons (Fsp3) is 0.0385. The third-order valence-electron chi connectivity index (χ3n) is 4.93. The van der Waals surface area contributed by atoms with Gasteiger partial charge in [0, 0.05) is 17.3 Å². The highest BCUT2D eigenvalue weighted by Crippen LogP contribution is 2.30. The number of hydrazine groups is 1. The van der Waals surface area contributed by atoms with E-state index in [2.05, 4.69) is 15.8 Å². The lowest BCUT2D eigenvalue weighted by Gasteiger charge is -2.12. The van der Waals surface area contributed by atoms with E-state index in [0.29, 0.717) is 12.2 Å². The topological polar surface area (TPSA) is 100 Å². The molecule has 0 aliphatic carbocycles. The molecule has 0 atom stereocenters. The normalized spacial score (nSPS) is 10.3. The number of benzene rings is 3. The van der Waals surface area contributed by atoms with Gasteiger partial charge in [0.05, 0.1) is 0 Å². The van der Waals surface area contributed by atoms with Gasteiger partial charge in [-0.2, -0.15) is 0 Å². The zero-order chi connectivity index (χ0) is 23.0. The van der Waals surface area contributed by atoms with Crippen molar-refractivity contribution in [2.45, 2.75) is 6.61 Å². The Morgan fingerprint density at radius 2 is 1.45 bits per heavy atom. The predicted octanol–water partition coefficient (Wildman–Crippen LogP) is 3.70. The van der Waals surface area contributed by atoms with Crippen LogP contribution in [0.25, 0.3) is 11.1 Å². The molecular formula is C26H21N3O4. The monoisotopic (exact) mass is 439 g/mol. The summed E-state index contributed by atoms with van der Waals surface area (Å²) in [6.45, 7) is 0.333. The third kappa shape index (κ3) is 5.34. The van der Waals surface area contributed by atoms with Crippen molar-refractivity contribution in [3.05, 3.63) is 124 Å². The van der Waals surface area contributed by atoms with Crippen molar-refractivity contribution in [2.75, 3.05) is 0 Å². The number of H-pyrrole nitrogens is 1. The van der Waals surface area contributed by atoms with Gasteiger partial charge in [-0.25, -0.2) is 0 Å². The van der Waals surface area contributed by atoms with Crippen LogP contribution >= 0.6 is 0 Å². The molecule has 1 heterocycles. The second-order valence-corrected chi connectivity index (χ2v) is 7.17. The second kappa shape index (κ2) is 10.1. The highest BCUT2D eigenvalue weighted by molar-refractivity contribution is 5.98. The van der Waals surface area contributed by atoms with E-state index in [1.807, 2.05) is 54.6 Å². The summed E-state index contributed by atoms with van der Waals surface area (Å²) in [5.41, 5.74) is 7.21. The molecule has 1 aromatic heterocycles. The van der Waals surface area contributed by atoms with E-state index >= 15 is 0 Å². The number of pyridine rings is 1. The first-order chi connectivity index (χ1) is 16.1. The average Bonchev–Trinajstić information content (AvgIpc) is 2.87. The quantitative estimate of drug-likeness (QED) is 0.399. The Hall–Kier alpha value is -4.65. The minimum absolute atomic E-state index is 0.0962. The molecule has 0 unspecified atom stereocenters. The Bertz CT molecular complexity index is 1320. The maximum Gasteiger partial charge on any atom is 0.275 e. The van der Waals surface area contributed by atoms with Gasteiger partial charge < -0.3 is 9.72 Å². The summed E-state index contributed by atoms with van der Waals surface area (Å²) >= 11 is 0. The molecule has 0 radical (unpaired) electrons. The van der Waals surface area contributed by atoms with Crippen molar-refractivity contribution in [3.8, 4) is 16.9 Å². The van der Waals surface area contributed by atoms with Gasteiger partial charge in [-0.05, 0) is 41.5 Å². The molecule has 4 aromatic rings. The average molecular weight is 439 g/mol. The van der Waals surface area contributed by atoms with Crippen molar-refractivity contribution in [1.82, 2.24) is 15.8 Å². The van der Waals surface area contributed by atoms with Crippen LogP contribution in [0, 0.1) is 0 Å². The molecule has 7 nitrogen and oxygen atoms in total. The van der Waals surface area contributed by atoms with Crippen molar-refractivity contribution >= 4 is 11.8 Å². The van der Waals surface area contributed by atoms with Crippen molar-refractivity contribution in [1.29, 1.82) is 0 Å². The number of nitrogens with one attached hydrogen (secondary N) is 3. The minimum Gasteiger partial charge on any atom is -0.488 e. The number of aromatic nitrogens is 1. The van der Waals surface area contributed by atoms with E-state index in [1.165, 1.54) is 18.3 Å². The lowest BCUT2D eigenvalue weighted by molar-refractivity contribution is 0.0846. The number of amides is 2. The molecule has 2 amide bonds. The standard InChI is InChI=1S/C26H21N3O4/c30-24(28-29-26(32)22-10-6-16-27-25(22)31)20-14-12-18(13-15-20)17-33-23-11-5-4-9-21(23)19-7-2-1-3-8-19/h1-16H,17H2,(H,27,31)(H,28,30)(H,29,32). The summed E-state index contributed by atoms with van der Waals surface area (Å²) in [5.74, 6) is -0.436. The zero-order valence-corrected chi connectivity index (χ0v) is 17.6. The van der Waals surface area contributed by atoms with E-state index < -0.39 is 17.4 Å². The number of ether oxygens (including phenoxy) is 1. The van der Waals surface area contributed by atoms with Crippen LogP contribution in [0.2, 0.25) is 0 Å². The summed E-state index contributed by atoms with van der Waals surface area (Å²) in [4.78, 5) is 38.4.